The van der Waals surface area contributed by atoms with Gasteiger partial charge in [-0.25, -0.2) is 8.42 Å². The van der Waals surface area contributed by atoms with E-state index in [0.717, 1.165) is 5.56 Å². The first kappa shape index (κ1) is 29.5. The van der Waals surface area contributed by atoms with Crippen LogP contribution in [0.3, 0.4) is 0 Å². The zero-order chi connectivity index (χ0) is 30.2. The van der Waals surface area contributed by atoms with Gasteiger partial charge in [0.1, 0.15) is 17.2 Å². The van der Waals surface area contributed by atoms with E-state index in [1.54, 1.807) is 48.5 Å². The number of methoxy groups -OCH3 is 1. The molecule has 1 aliphatic heterocycles. The van der Waals surface area contributed by atoms with E-state index in [1.165, 1.54) is 36.3 Å². The quantitative estimate of drug-likeness (QED) is 0.266. The molecule has 10 nitrogen and oxygen atoms in total. The molecule has 0 saturated heterocycles. The molecule has 2 amide bonds. The van der Waals surface area contributed by atoms with E-state index in [9.17, 15) is 18.0 Å². The number of amides is 2. The van der Waals surface area contributed by atoms with Crippen LogP contribution in [0.5, 0.6) is 17.2 Å². The summed E-state index contributed by atoms with van der Waals surface area (Å²) in [6.07, 6.45) is -0.222. The van der Waals surface area contributed by atoms with Crippen LogP contribution in [0.1, 0.15) is 5.56 Å². The van der Waals surface area contributed by atoms with Crippen LogP contribution in [-0.2, 0) is 26.0 Å². The molecule has 0 radical (unpaired) electrons. The molecule has 0 aliphatic carbocycles. The Balaban J connectivity index is 1.19. The summed E-state index contributed by atoms with van der Waals surface area (Å²) < 4.78 is 44.9. The molecule has 0 aromatic heterocycles. The Bertz CT molecular complexity index is 1680. The van der Waals surface area contributed by atoms with Crippen LogP contribution < -0.4 is 29.1 Å². The molecular formula is C32H31N3O7S. The van der Waals surface area contributed by atoms with E-state index >= 15 is 0 Å². The van der Waals surface area contributed by atoms with Crippen molar-refractivity contribution >= 4 is 33.2 Å². The molecule has 1 heterocycles. The van der Waals surface area contributed by atoms with Crippen molar-refractivity contribution in [3.63, 3.8) is 0 Å². The highest BCUT2D eigenvalue weighted by Crippen LogP contribution is 2.33. The minimum Gasteiger partial charge on any atom is -0.497 e. The molecule has 4 aromatic rings. The lowest BCUT2D eigenvalue weighted by Gasteiger charge is -2.34. The van der Waals surface area contributed by atoms with Gasteiger partial charge >= 0.3 is 0 Å². The minimum absolute atomic E-state index is 0.0174. The largest absolute Gasteiger partial charge is 0.497 e. The fourth-order valence-corrected chi connectivity index (χ4v) is 5.58. The van der Waals surface area contributed by atoms with Gasteiger partial charge in [0.25, 0.3) is 21.8 Å². The number of fused-ring (bicyclic) bond motifs is 1. The van der Waals surface area contributed by atoms with Gasteiger partial charge in [-0.1, -0.05) is 48.5 Å². The van der Waals surface area contributed by atoms with E-state index in [4.69, 9.17) is 14.2 Å². The molecule has 1 atom stereocenters. The number of carbonyl (C=O) groups excluding carboxylic acids is 2. The van der Waals surface area contributed by atoms with Crippen molar-refractivity contribution in [2.75, 3.05) is 36.4 Å². The normalized spacial score (nSPS) is 14.2. The summed E-state index contributed by atoms with van der Waals surface area (Å²) in [7, 11) is -2.36. The zero-order valence-electron chi connectivity index (χ0n) is 23.4. The zero-order valence-corrected chi connectivity index (χ0v) is 24.3. The Morgan fingerprint density at radius 2 is 1.65 bits per heavy atom. The fourth-order valence-electron chi connectivity index (χ4n) is 4.53. The average molecular weight is 602 g/mol. The summed E-state index contributed by atoms with van der Waals surface area (Å²) >= 11 is 0. The lowest BCUT2D eigenvalue weighted by molar-refractivity contribution is -0.128. The second-order valence-electron chi connectivity index (χ2n) is 9.70. The molecule has 0 bridgehead atoms. The molecule has 1 aliphatic rings. The van der Waals surface area contributed by atoms with E-state index < -0.39 is 16.1 Å². The fraction of sp³-hybridized carbons (Fsp3) is 0.188. The van der Waals surface area contributed by atoms with Gasteiger partial charge in [-0.05, 0) is 60.5 Å². The van der Waals surface area contributed by atoms with Gasteiger partial charge in [0.2, 0.25) is 0 Å². The summed E-state index contributed by atoms with van der Waals surface area (Å²) in [5.41, 5.74) is 2.00. The number of hydrogen-bond donors (Lipinski definition) is 2. The van der Waals surface area contributed by atoms with Crippen molar-refractivity contribution in [3.05, 3.63) is 109 Å². The maximum atomic E-state index is 13.3. The first-order chi connectivity index (χ1) is 20.8. The van der Waals surface area contributed by atoms with E-state index in [1.807, 2.05) is 30.3 Å². The highest BCUT2D eigenvalue weighted by Gasteiger charge is 2.33. The molecule has 2 N–H and O–H groups in total. The Morgan fingerprint density at radius 1 is 0.907 bits per heavy atom. The number of ether oxygens (including phenoxy) is 3. The lowest BCUT2D eigenvalue weighted by Crippen LogP contribution is -2.52. The topological polar surface area (TPSA) is 123 Å². The van der Waals surface area contributed by atoms with Crippen LogP contribution in [0.4, 0.5) is 11.4 Å². The number of hydrogen-bond acceptors (Lipinski definition) is 7. The number of sulfonamides is 1. The average Bonchev–Trinajstić information content (AvgIpc) is 3.03. The van der Waals surface area contributed by atoms with Crippen LogP contribution in [0.2, 0.25) is 0 Å². The SMILES string of the molecule is COc1cccc(NS(=O)(=O)c2ccc(OCC(=O)N3C[C@@H](C(=O)NCCc4ccccc4)Oc4ccccc43)cc2)c1. The molecule has 11 heteroatoms. The minimum atomic E-state index is -3.86. The first-order valence-electron chi connectivity index (χ1n) is 13.6. The Hall–Kier alpha value is -5.03. The molecule has 0 saturated carbocycles. The predicted molar refractivity (Wildman–Crippen MR) is 162 cm³/mol. The van der Waals surface area contributed by atoms with Gasteiger partial charge in [-0.3, -0.25) is 14.3 Å². The van der Waals surface area contributed by atoms with Crippen molar-refractivity contribution < 1.29 is 32.2 Å². The van der Waals surface area contributed by atoms with Crippen molar-refractivity contribution in [1.29, 1.82) is 0 Å². The Labute approximate surface area is 250 Å². The molecule has 4 aromatic carbocycles. The number of nitrogens with one attached hydrogen (secondary N) is 2. The Morgan fingerprint density at radius 3 is 2.42 bits per heavy atom. The van der Waals surface area contributed by atoms with Crippen LogP contribution in [0.25, 0.3) is 0 Å². The molecule has 0 unspecified atom stereocenters. The van der Waals surface area contributed by atoms with E-state index in [2.05, 4.69) is 10.0 Å². The number of nitrogens with zero attached hydrogens (tertiary/aromatic N) is 1. The van der Waals surface area contributed by atoms with Crippen molar-refractivity contribution in [2.45, 2.75) is 17.4 Å². The summed E-state index contributed by atoms with van der Waals surface area (Å²) in [6, 6.07) is 29.1. The standard InChI is InChI=1S/C32H31N3O7S/c1-40-26-11-7-10-24(20-26)34-43(38,39)27-16-14-25(15-17-27)41-22-31(36)35-21-30(42-29-13-6-5-12-28(29)35)32(37)33-19-18-23-8-3-2-4-9-23/h2-17,20,30,34H,18-19,21-22H2,1H3,(H,33,37)/t30-/m0/s1. The van der Waals surface area contributed by atoms with Gasteiger partial charge in [0, 0.05) is 12.6 Å². The van der Waals surface area contributed by atoms with Gasteiger partial charge < -0.3 is 24.4 Å². The monoisotopic (exact) mass is 601 g/mol. The van der Waals surface area contributed by atoms with Crippen LogP contribution in [-0.4, -0.2) is 53.1 Å². The summed E-state index contributed by atoms with van der Waals surface area (Å²) in [5, 5.41) is 2.89. The third kappa shape index (κ3) is 7.44. The molecule has 5 rings (SSSR count). The van der Waals surface area contributed by atoms with Gasteiger partial charge in [-0.2, -0.15) is 0 Å². The third-order valence-electron chi connectivity index (χ3n) is 6.74. The second-order valence-corrected chi connectivity index (χ2v) is 11.4. The van der Waals surface area contributed by atoms with Crippen molar-refractivity contribution in [2.24, 2.45) is 0 Å². The Kier molecular flexibility index (Phi) is 9.11. The van der Waals surface area contributed by atoms with Gasteiger partial charge in [-0.15, -0.1) is 0 Å². The number of anilines is 2. The number of carbonyl (C=O) groups is 2. The van der Waals surface area contributed by atoms with Gasteiger partial charge in [0.05, 0.1) is 29.9 Å². The molecule has 0 fully saturated rings. The van der Waals surface area contributed by atoms with E-state index in [0.29, 0.717) is 41.6 Å². The smallest absolute Gasteiger partial charge is 0.265 e. The second kappa shape index (κ2) is 13.3. The molecular weight excluding hydrogens is 570 g/mol. The number of rotatable bonds is 11. The van der Waals surface area contributed by atoms with Crippen LogP contribution in [0.15, 0.2) is 108 Å². The van der Waals surface area contributed by atoms with Crippen LogP contribution >= 0.6 is 0 Å². The van der Waals surface area contributed by atoms with Gasteiger partial charge in [0.15, 0.2) is 12.7 Å². The summed E-state index contributed by atoms with van der Waals surface area (Å²) in [6.45, 7) is 0.122. The molecule has 222 valence electrons. The third-order valence-corrected chi connectivity index (χ3v) is 8.14. The number of benzene rings is 4. The number of para-hydroxylation sites is 2. The predicted octanol–water partition coefficient (Wildman–Crippen LogP) is 4.03. The summed E-state index contributed by atoms with van der Waals surface area (Å²) in [4.78, 5) is 27.7. The highest BCUT2D eigenvalue weighted by atomic mass is 32.2. The molecule has 43 heavy (non-hydrogen) atoms. The molecule has 0 spiro atoms. The van der Waals surface area contributed by atoms with Crippen LogP contribution in [0, 0.1) is 0 Å². The lowest BCUT2D eigenvalue weighted by atomic mass is 10.1. The van der Waals surface area contributed by atoms with E-state index in [-0.39, 0.29) is 29.9 Å². The summed E-state index contributed by atoms with van der Waals surface area (Å²) in [5.74, 6) is 0.554. The van der Waals surface area contributed by atoms with Crippen molar-refractivity contribution in [1.82, 2.24) is 5.32 Å². The maximum absolute atomic E-state index is 13.3. The highest BCUT2D eigenvalue weighted by molar-refractivity contribution is 7.92. The van der Waals surface area contributed by atoms with Crippen molar-refractivity contribution in [3.8, 4) is 17.2 Å². The first-order valence-corrected chi connectivity index (χ1v) is 15.1. The maximum Gasteiger partial charge on any atom is 0.265 e.